The predicted molar refractivity (Wildman–Crippen MR) is 149 cm³/mol. The van der Waals surface area contributed by atoms with E-state index in [2.05, 4.69) is 16.0 Å². The number of rotatable bonds is 10. The highest BCUT2D eigenvalue weighted by molar-refractivity contribution is 6.00. The van der Waals surface area contributed by atoms with E-state index >= 15 is 0 Å². The number of hydrogen-bond donors (Lipinski definition) is 4. The number of nitrogens with zero attached hydrogens (tertiary/aromatic N) is 1. The van der Waals surface area contributed by atoms with Crippen LogP contribution in [0.5, 0.6) is 0 Å². The van der Waals surface area contributed by atoms with Crippen LogP contribution in [-0.4, -0.2) is 70.3 Å². The molecule has 4 atom stereocenters. The minimum absolute atomic E-state index is 0.0512. The smallest absolute Gasteiger partial charge is 0.326 e. The number of carbonyl (C=O) groups excluding carboxylic acids is 4. The first-order valence-electron chi connectivity index (χ1n) is 13.8. The van der Waals surface area contributed by atoms with Gasteiger partial charge in [0.25, 0.3) is 5.91 Å². The standard InChI is InChI=1S/C29H40N4O7/c1-16(2)12-21(31-27(36)25-14-19-8-6-7-9-24(19)40-25)26(35)30-20-11-10-18(5)33(15-23(20)34)29(39)32-22(28(37)38)13-17(3)4/h6-9,14,16-18,20-22H,10-13,15H2,1-5H3,(H,30,35)(H,31,36)(H,32,39)(H,37,38)/t18-,20?,21+,22+/m1/s1. The first-order chi connectivity index (χ1) is 18.8. The first kappa shape index (κ1) is 30.6. The van der Waals surface area contributed by atoms with Gasteiger partial charge in [-0.25, -0.2) is 9.59 Å². The number of fused-ring (bicyclic) bond motifs is 1. The number of benzene rings is 1. The molecule has 1 aliphatic rings. The average Bonchev–Trinajstić information content (AvgIpc) is 3.26. The van der Waals surface area contributed by atoms with Gasteiger partial charge in [0.1, 0.15) is 17.7 Å². The normalized spacial score (nSPS) is 19.3. The molecule has 0 bridgehead atoms. The lowest BCUT2D eigenvalue weighted by atomic mass is 10.0. The van der Waals surface area contributed by atoms with Crippen molar-refractivity contribution in [1.82, 2.24) is 20.9 Å². The second-order valence-electron chi connectivity index (χ2n) is 11.4. The summed E-state index contributed by atoms with van der Waals surface area (Å²) < 4.78 is 5.63. The Labute approximate surface area is 234 Å². The third-order valence-corrected chi connectivity index (χ3v) is 6.98. The molecule has 2 heterocycles. The number of likely N-dealkylation sites (tertiary alicyclic amines) is 1. The van der Waals surface area contributed by atoms with Crippen molar-refractivity contribution in [2.24, 2.45) is 11.8 Å². The molecule has 1 unspecified atom stereocenters. The van der Waals surface area contributed by atoms with Gasteiger partial charge in [0.2, 0.25) is 5.91 Å². The van der Waals surface area contributed by atoms with Gasteiger partial charge in [0, 0.05) is 11.4 Å². The number of urea groups is 1. The summed E-state index contributed by atoms with van der Waals surface area (Å²) in [6.45, 7) is 9.08. The van der Waals surface area contributed by atoms with Crippen LogP contribution in [-0.2, 0) is 14.4 Å². The molecule has 1 aliphatic heterocycles. The number of aliphatic carboxylic acids is 1. The van der Waals surface area contributed by atoms with Crippen LogP contribution >= 0.6 is 0 Å². The Bertz CT molecular complexity index is 1200. The summed E-state index contributed by atoms with van der Waals surface area (Å²) >= 11 is 0. The molecule has 0 aliphatic carbocycles. The van der Waals surface area contributed by atoms with Gasteiger partial charge in [0.05, 0.1) is 12.6 Å². The highest BCUT2D eigenvalue weighted by Crippen LogP contribution is 2.20. The fraction of sp³-hybridized carbons (Fsp3) is 0.552. The molecule has 0 saturated carbocycles. The van der Waals surface area contributed by atoms with Crippen molar-refractivity contribution in [2.45, 2.75) is 84.5 Å². The van der Waals surface area contributed by atoms with E-state index in [0.29, 0.717) is 24.8 Å². The van der Waals surface area contributed by atoms with Crippen LogP contribution in [0.1, 0.15) is 70.9 Å². The second-order valence-corrected chi connectivity index (χ2v) is 11.4. The van der Waals surface area contributed by atoms with Crippen molar-refractivity contribution in [3.8, 4) is 0 Å². The van der Waals surface area contributed by atoms with Crippen LogP contribution in [0.25, 0.3) is 11.0 Å². The Morgan fingerprint density at radius 3 is 2.27 bits per heavy atom. The maximum atomic E-state index is 13.3. The molecule has 0 spiro atoms. The van der Waals surface area contributed by atoms with Gasteiger partial charge in [-0.1, -0.05) is 45.9 Å². The van der Waals surface area contributed by atoms with Gasteiger partial charge in [-0.15, -0.1) is 0 Å². The van der Waals surface area contributed by atoms with Gasteiger partial charge in [-0.05, 0) is 56.6 Å². The third kappa shape index (κ3) is 8.06. The van der Waals surface area contributed by atoms with E-state index in [4.69, 9.17) is 4.42 Å². The van der Waals surface area contributed by atoms with E-state index in [1.165, 1.54) is 4.90 Å². The fourth-order valence-electron chi connectivity index (χ4n) is 4.81. The van der Waals surface area contributed by atoms with E-state index in [0.717, 1.165) is 5.39 Å². The molecule has 11 nitrogen and oxygen atoms in total. The molecule has 40 heavy (non-hydrogen) atoms. The highest BCUT2D eigenvalue weighted by Gasteiger charge is 2.35. The molecule has 3 rings (SSSR count). The number of carboxylic acid groups (broad SMARTS) is 1. The number of para-hydroxylation sites is 1. The van der Waals surface area contributed by atoms with Crippen molar-refractivity contribution >= 4 is 40.6 Å². The molecule has 1 aromatic carbocycles. The average molecular weight is 557 g/mol. The van der Waals surface area contributed by atoms with Gasteiger partial charge < -0.3 is 30.4 Å². The zero-order valence-electron chi connectivity index (χ0n) is 23.7. The topological polar surface area (TPSA) is 158 Å². The minimum Gasteiger partial charge on any atom is -0.480 e. The number of carbonyl (C=O) groups is 5. The first-order valence-corrected chi connectivity index (χ1v) is 13.8. The predicted octanol–water partition coefficient (Wildman–Crippen LogP) is 3.32. The van der Waals surface area contributed by atoms with Crippen molar-refractivity contribution in [1.29, 1.82) is 0 Å². The van der Waals surface area contributed by atoms with Gasteiger partial charge >= 0.3 is 12.0 Å². The Morgan fingerprint density at radius 1 is 1.00 bits per heavy atom. The molecule has 2 aromatic rings. The second kappa shape index (κ2) is 13.5. The fourth-order valence-corrected chi connectivity index (χ4v) is 4.81. The lowest BCUT2D eigenvalue weighted by Gasteiger charge is -2.28. The van der Waals surface area contributed by atoms with Gasteiger partial charge in [0.15, 0.2) is 11.5 Å². The number of nitrogens with one attached hydrogen (secondary N) is 3. The molecule has 0 radical (unpaired) electrons. The van der Waals surface area contributed by atoms with Crippen LogP contribution in [0.2, 0.25) is 0 Å². The molecule has 1 fully saturated rings. The van der Waals surface area contributed by atoms with Gasteiger partial charge in [-0.2, -0.15) is 0 Å². The van der Waals surface area contributed by atoms with E-state index in [-0.39, 0.29) is 42.4 Å². The van der Waals surface area contributed by atoms with E-state index in [1.54, 1.807) is 25.1 Å². The Kier molecular flexibility index (Phi) is 10.3. The molecule has 4 N–H and O–H groups in total. The molecule has 4 amide bonds. The quantitative estimate of drug-likeness (QED) is 0.349. The summed E-state index contributed by atoms with van der Waals surface area (Å²) in [7, 11) is 0. The maximum Gasteiger partial charge on any atom is 0.326 e. The number of Topliss-reactive ketones (excluding diaryl/α,β-unsaturated/α-hetero) is 1. The highest BCUT2D eigenvalue weighted by atomic mass is 16.4. The lowest BCUT2D eigenvalue weighted by molar-refractivity contribution is -0.139. The van der Waals surface area contributed by atoms with E-state index in [9.17, 15) is 29.1 Å². The molecule has 1 aromatic heterocycles. The Balaban J connectivity index is 1.67. The number of ketones is 1. The zero-order chi connectivity index (χ0) is 29.6. The largest absolute Gasteiger partial charge is 0.480 e. The summed E-state index contributed by atoms with van der Waals surface area (Å²) in [5.41, 5.74) is 0.558. The lowest BCUT2D eigenvalue weighted by Crippen LogP contribution is -2.54. The number of hydrogen-bond acceptors (Lipinski definition) is 6. The minimum atomic E-state index is -1.14. The summed E-state index contributed by atoms with van der Waals surface area (Å²) in [5, 5.41) is 18.3. The SMILES string of the molecule is CC(C)C[C@H](NC(=O)N1CC(=O)C(NC(=O)[C@H](CC(C)C)NC(=O)c2cc3ccccc3o2)CC[C@H]1C)C(=O)O. The van der Waals surface area contributed by atoms with Crippen molar-refractivity contribution in [3.05, 3.63) is 36.1 Å². The number of carboxylic acids is 1. The Hall–Kier alpha value is -3.89. The van der Waals surface area contributed by atoms with Crippen LogP contribution < -0.4 is 16.0 Å². The summed E-state index contributed by atoms with van der Waals surface area (Å²) in [5.74, 6) is -2.32. The van der Waals surface area contributed by atoms with E-state index < -0.39 is 41.9 Å². The van der Waals surface area contributed by atoms with Crippen LogP contribution in [0.4, 0.5) is 4.79 Å². The summed E-state index contributed by atoms with van der Waals surface area (Å²) in [6.07, 6.45) is 1.32. The molecule has 11 heteroatoms. The zero-order valence-corrected chi connectivity index (χ0v) is 23.7. The van der Waals surface area contributed by atoms with Crippen LogP contribution in [0.3, 0.4) is 0 Å². The molecule has 218 valence electrons. The number of amides is 4. The number of furan rings is 1. The van der Waals surface area contributed by atoms with E-state index in [1.807, 2.05) is 39.8 Å². The Morgan fingerprint density at radius 2 is 1.65 bits per heavy atom. The van der Waals surface area contributed by atoms with Crippen molar-refractivity contribution < 1.29 is 33.5 Å². The maximum absolute atomic E-state index is 13.3. The third-order valence-electron chi connectivity index (χ3n) is 6.98. The molecule has 1 saturated heterocycles. The molecular weight excluding hydrogens is 516 g/mol. The summed E-state index contributed by atoms with van der Waals surface area (Å²) in [4.78, 5) is 65.2. The van der Waals surface area contributed by atoms with Crippen molar-refractivity contribution in [3.63, 3.8) is 0 Å². The van der Waals surface area contributed by atoms with Crippen molar-refractivity contribution in [2.75, 3.05) is 6.54 Å². The summed E-state index contributed by atoms with van der Waals surface area (Å²) in [6, 6.07) is 5.02. The monoisotopic (exact) mass is 556 g/mol. The van der Waals surface area contributed by atoms with Gasteiger partial charge in [-0.3, -0.25) is 14.4 Å². The van der Waals surface area contributed by atoms with Crippen LogP contribution in [0, 0.1) is 11.8 Å². The van der Waals surface area contributed by atoms with Crippen LogP contribution in [0.15, 0.2) is 34.7 Å². The molecular formula is C29H40N4O7.